The fourth-order valence-electron chi connectivity index (χ4n) is 2.88. The summed E-state index contributed by atoms with van der Waals surface area (Å²) in [5, 5.41) is 4.14. The van der Waals surface area contributed by atoms with E-state index in [-0.39, 0.29) is 11.8 Å². The van der Waals surface area contributed by atoms with Crippen molar-refractivity contribution in [1.29, 1.82) is 0 Å². The van der Waals surface area contributed by atoms with Gasteiger partial charge in [0.05, 0.1) is 18.0 Å². The molecule has 2 aromatic rings. The Balaban J connectivity index is 1.79. The van der Waals surface area contributed by atoms with E-state index < -0.39 is 0 Å². The van der Waals surface area contributed by atoms with Crippen molar-refractivity contribution in [3.63, 3.8) is 0 Å². The fourth-order valence-corrected chi connectivity index (χ4v) is 2.88. The van der Waals surface area contributed by atoms with Crippen LogP contribution in [0.15, 0.2) is 30.3 Å². The molecule has 0 saturated carbocycles. The zero-order valence-electron chi connectivity index (χ0n) is 13.7. The minimum Gasteiger partial charge on any atom is -0.381 e. The first-order valence-corrected chi connectivity index (χ1v) is 8.06. The van der Waals surface area contributed by atoms with Gasteiger partial charge in [-0.05, 0) is 30.5 Å². The molecule has 0 aliphatic carbocycles. The lowest BCUT2D eigenvalue weighted by molar-refractivity contribution is -0.129. The predicted octanol–water partition coefficient (Wildman–Crippen LogP) is 2.34. The normalized spacial score (nSPS) is 17.9. The zero-order valence-corrected chi connectivity index (χ0v) is 13.7. The molecule has 5 heteroatoms. The van der Waals surface area contributed by atoms with E-state index in [1.54, 1.807) is 0 Å². The first-order chi connectivity index (χ1) is 11.1. The van der Waals surface area contributed by atoms with Crippen molar-refractivity contribution in [2.24, 2.45) is 5.92 Å². The van der Waals surface area contributed by atoms with Gasteiger partial charge in [0.25, 0.3) is 0 Å². The summed E-state index contributed by atoms with van der Waals surface area (Å²) >= 11 is 0. The van der Waals surface area contributed by atoms with Crippen molar-refractivity contribution in [2.45, 2.75) is 19.4 Å². The van der Waals surface area contributed by atoms with Crippen LogP contribution in [0.2, 0.25) is 0 Å². The van der Waals surface area contributed by atoms with Crippen LogP contribution in [0.25, 0.3) is 10.9 Å². The number of carbonyl (C=O) groups excluding carboxylic acids is 1. The highest BCUT2D eigenvalue weighted by Crippen LogP contribution is 2.22. The van der Waals surface area contributed by atoms with Crippen LogP contribution >= 0.6 is 0 Å². The van der Waals surface area contributed by atoms with Crippen LogP contribution in [-0.2, 0) is 16.1 Å². The molecule has 1 atom stereocenters. The summed E-state index contributed by atoms with van der Waals surface area (Å²) in [7, 11) is 3.94. The molecule has 1 fully saturated rings. The molecule has 2 heterocycles. The Morgan fingerprint density at radius 3 is 2.96 bits per heavy atom. The van der Waals surface area contributed by atoms with Gasteiger partial charge in [0.1, 0.15) is 5.82 Å². The number of pyridine rings is 1. The topological polar surface area (TPSA) is 54.5 Å². The molecule has 5 nitrogen and oxygen atoms in total. The van der Waals surface area contributed by atoms with Gasteiger partial charge in [0.2, 0.25) is 5.91 Å². The standard InChI is InChI=1S/C18H23N3O2/c1-21(2)17-10-14(15-7-3-4-8-16(15)20-17)11-19-18(22)13-6-5-9-23-12-13/h3-4,7-8,10,13H,5-6,9,11-12H2,1-2H3,(H,19,22). The first kappa shape index (κ1) is 15.7. The summed E-state index contributed by atoms with van der Waals surface area (Å²) in [4.78, 5) is 18.9. The molecule has 1 saturated heterocycles. The third-order valence-electron chi connectivity index (χ3n) is 4.23. The van der Waals surface area contributed by atoms with Gasteiger partial charge in [-0.25, -0.2) is 4.98 Å². The number of nitrogens with zero attached hydrogens (tertiary/aromatic N) is 2. The van der Waals surface area contributed by atoms with Gasteiger partial charge >= 0.3 is 0 Å². The number of hydrogen-bond acceptors (Lipinski definition) is 4. The van der Waals surface area contributed by atoms with Gasteiger partial charge in [0, 0.05) is 32.6 Å². The van der Waals surface area contributed by atoms with Gasteiger partial charge in [-0.2, -0.15) is 0 Å². The number of fused-ring (bicyclic) bond motifs is 1. The van der Waals surface area contributed by atoms with Crippen LogP contribution in [-0.4, -0.2) is 38.2 Å². The van der Waals surface area contributed by atoms with E-state index in [1.165, 1.54) is 0 Å². The van der Waals surface area contributed by atoms with E-state index in [4.69, 9.17) is 4.74 Å². The highest BCUT2D eigenvalue weighted by Gasteiger charge is 2.21. The predicted molar refractivity (Wildman–Crippen MR) is 91.5 cm³/mol. The van der Waals surface area contributed by atoms with Crippen molar-refractivity contribution in [3.05, 3.63) is 35.9 Å². The molecule has 1 N–H and O–H groups in total. The van der Waals surface area contributed by atoms with Crippen molar-refractivity contribution in [3.8, 4) is 0 Å². The van der Waals surface area contributed by atoms with E-state index in [0.29, 0.717) is 13.2 Å². The van der Waals surface area contributed by atoms with Crippen LogP contribution < -0.4 is 10.2 Å². The Bertz CT molecular complexity index is 694. The summed E-state index contributed by atoms with van der Waals surface area (Å²) in [6.45, 7) is 1.82. The fraction of sp³-hybridized carbons (Fsp3) is 0.444. The van der Waals surface area contributed by atoms with Gasteiger partial charge in [0.15, 0.2) is 0 Å². The molecule has 0 spiro atoms. The second-order valence-electron chi connectivity index (χ2n) is 6.18. The zero-order chi connectivity index (χ0) is 16.2. The molecule has 1 unspecified atom stereocenters. The minimum absolute atomic E-state index is 0.0230. The Morgan fingerprint density at radius 1 is 1.39 bits per heavy atom. The third-order valence-corrected chi connectivity index (χ3v) is 4.23. The van der Waals surface area contributed by atoms with Crippen LogP contribution in [0.1, 0.15) is 18.4 Å². The van der Waals surface area contributed by atoms with Crippen molar-refractivity contribution >= 4 is 22.6 Å². The van der Waals surface area contributed by atoms with E-state index in [9.17, 15) is 4.79 Å². The molecule has 0 radical (unpaired) electrons. The summed E-state index contributed by atoms with van der Waals surface area (Å²) in [6, 6.07) is 10.1. The molecule has 3 rings (SSSR count). The number of hydrogen-bond donors (Lipinski definition) is 1. The summed E-state index contributed by atoms with van der Waals surface area (Å²) in [5.74, 6) is 0.955. The molecule has 0 bridgehead atoms. The van der Waals surface area contributed by atoms with Crippen LogP contribution in [0.5, 0.6) is 0 Å². The number of ether oxygens (including phenoxy) is 1. The van der Waals surface area contributed by atoms with Gasteiger partial charge in [-0.3, -0.25) is 4.79 Å². The first-order valence-electron chi connectivity index (χ1n) is 8.06. The lowest BCUT2D eigenvalue weighted by Gasteiger charge is -2.21. The average Bonchev–Trinajstić information content (AvgIpc) is 2.59. The van der Waals surface area contributed by atoms with Crippen LogP contribution in [0.3, 0.4) is 0 Å². The Kier molecular flexibility index (Phi) is 4.76. The smallest absolute Gasteiger partial charge is 0.225 e. The van der Waals surface area contributed by atoms with Crippen molar-refractivity contribution in [2.75, 3.05) is 32.2 Å². The number of para-hydroxylation sites is 1. The number of amides is 1. The quantitative estimate of drug-likeness (QED) is 0.941. The van der Waals surface area contributed by atoms with E-state index in [1.807, 2.05) is 49.3 Å². The molecular weight excluding hydrogens is 290 g/mol. The van der Waals surface area contributed by atoms with Crippen LogP contribution in [0.4, 0.5) is 5.82 Å². The largest absolute Gasteiger partial charge is 0.381 e. The van der Waals surface area contributed by atoms with E-state index >= 15 is 0 Å². The van der Waals surface area contributed by atoms with E-state index in [0.717, 1.165) is 41.7 Å². The van der Waals surface area contributed by atoms with Gasteiger partial charge in [-0.15, -0.1) is 0 Å². The summed E-state index contributed by atoms with van der Waals surface area (Å²) in [5.41, 5.74) is 2.04. The SMILES string of the molecule is CN(C)c1cc(CNC(=O)C2CCCOC2)c2ccccc2n1. The molecule has 23 heavy (non-hydrogen) atoms. The van der Waals surface area contributed by atoms with Gasteiger partial charge in [-0.1, -0.05) is 18.2 Å². The number of nitrogens with one attached hydrogen (secondary N) is 1. The number of rotatable bonds is 4. The second kappa shape index (κ2) is 6.96. The highest BCUT2D eigenvalue weighted by molar-refractivity contribution is 5.85. The second-order valence-corrected chi connectivity index (χ2v) is 6.18. The monoisotopic (exact) mass is 313 g/mol. The Morgan fingerprint density at radius 2 is 2.22 bits per heavy atom. The molecule has 1 aromatic heterocycles. The number of benzene rings is 1. The average molecular weight is 313 g/mol. The number of anilines is 1. The van der Waals surface area contributed by atoms with Crippen molar-refractivity contribution < 1.29 is 9.53 Å². The minimum atomic E-state index is -0.0230. The Hall–Kier alpha value is -2.14. The molecule has 1 aliphatic heterocycles. The molecule has 1 aromatic carbocycles. The maximum Gasteiger partial charge on any atom is 0.225 e. The maximum absolute atomic E-state index is 12.3. The maximum atomic E-state index is 12.3. The number of aromatic nitrogens is 1. The lowest BCUT2D eigenvalue weighted by Crippen LogP contribution is -2.35. The molecule has 122 valence electrons. The van der Waals surface area contributed by atoms with Crippen molar-refractivity contribution in [1.82, 2.24) is 10.3 Å². The van der Waals surface area contributed by atoms with Crippen LogP contribution in [0, 0.1) is 5.92 Å². The van der Waals surface area contributed by atoms with Gasteiger partial charge < -0.3 is 15.0 Å². The summed E-state index contributed by atoms with van der Waals surface area (Å²) < 4.78 is 5.40. The molecule has 1 aliphatic rings. The van der Waals surface area contributed by atoms with E-state index in [2.05, 4.69) is 10.3 Å². The number of carbonyl (C=O) groups is 1. The summed E-state index contributed by atoms with van der Waals surface area (Å²) in [6.07, 6.45) is 1.87. The third kappa shape index (κ3) is 3.62. The molecule has 1 amide bonds. The Labute approximate surface area is 136 Å². The molecular formula is C18H23N3O2. The lowest BCUT2D eigenvalue weighted by atomic mass is 10.0. The highest BCUT2D eigenvalue weighted by atomic mass is 16.5.